The lowest BCUT2D eigenvalue weighted by Crippen LogP contribution is -2.32. The smallest absolute Gasteiger partial charge is 0.0807 e. The predicted molar refractivity (Wildman–Crippen MR) is 82.3 cm³/mol. The van der Waals surface area contributed by atoms with E-state index in [0.29, 0.717) is 6.10 Å². The fraction of sp³-hybridized carbons (Fsp3) is 0.778. The van der Waals surface area contributed by atoms with Crippen LogP contribution in [0.5, 0.6) is 0 Å². The van der Waals surface area contributed by atoms with Crippen molar-refractivity contribution in [1.82, 2.24) is 4.57 Å². The van der Waals surface area contributed by atoms with E-state index in [0.717, 1.165) is 31.4 Å². The summed E-state index contributed by atoms with van der Waals surface area (Å²) >= 11 is 0. The van der Waals surface area contributed by atoms with Crippen molar-refractivity contribution in [2.45, 2.75) is 88.6 Å². The van der Waals surface area contributed by atoms with E-state index in [9.17, 15) is 5.11 Å². The van der Waals surface area contributed by atoms with Gasteiger partial charge in [-0.25, -0.2) is 0 Å². The second kappa shape index (κ2) is 5.44. The van der Waals surface area contributed by atoms with Gasteiger partial charge in [-0.2, -0.15) is 0 Å². The van der Waals surface area contributed by atoms with Gasteiger partial charge in [0.1, 0.15) is 0 Å². The molecule has 1 saturated heterocycles. The number of nitrogens with zero attached hydrogens (tertiary/aromatic N) is 1. The first kappa shape index (κ1) is 13.8. The van der Waals surface area contributed by atoms with Gasteiger partial charge in [0.05, 0.1) is 17.8 Å². The normalized spacial score (nSPS) is 31.5. The fourth-order valence-electron chi connectivity index (χ4n) is 4.65. The van der Waals surface area contributed by atoms with Gasteiger partial charge in [0.25, 0.3) is 0 Å². The van der Waals surface area contributed by atoms with Crippen molar-refractivity contribution in [3.05, 3.63) is 23.5 Å². The average Bonchev–Trinajstić information content (AvgIpc) is 3.06. The minimum absolute atomic E-state index is 0.217. The molecule has 1 N–H and O–H groups in total. The van der Waals surface area contributed by atoms with E-state index in [-0.39, 0.29) is 11.7 Å². The molecule has 2 unspecified atom stereocenters. The van der Waals surface area contributed by atoms with E-state index >= 15 is 0 Å². The number of hydrogen-bond acceptors (Lipinski definition) is 2. The van der Waals surface area contributed by atoms with Gasteiger partial charge in [0.2, 0.25) is 0 Å². The van der Waals surface area contributed by atoms with Crippen LogP contribution in [0.3, 0.4) is 0 Å². The van der Waals surface area contributed by atoms with Gasteiger partial charge in [-0.15, -0.1) is 0 Å². The Morgan fingerprint density at radius 3 is 2.76 bits per heavy atom. The van der Waals surface area contributed by atoms with Crippen LogP contribution in [0.2, 0.25) is 0 Å². The minimum Gasteiger partial charge on any atom is -0.388 e. The lowest BCUT2D eigenvalue weighted by atomic mass is 9.83. The van der Waals surface area contributed by atoms with Gasteiger partial charge >= 0.3 is 0 Å². The molecule has 1 spiro atoms. The Morgan fingerprint density at radius 1 is 1.10 bits per heavy atom. The van der Waals surface area contributed by atoms with Crippen molar-refractivity contribution in [3.63, 3.8) is 0 Å². The Morgan fingerprint density at radius 2 is 1.95 bits per heavy atom. The van der Waals surface area contributed by atoms with Crippen molar-refractivity contribution >= 4 is 0 Å². The zero-order valence-corrected chi connectivity index (χ0v) is 12.9. The molecule has 116 valence electrons. The topological polar surface area (TPSA) is 34.4 Å². The highest BCUT2D eigenvalue weighted by Gasteiger charge is 2.40. The van der Waals surface area contributed by atoms with Crippen molar-refractivity contribution < 1.29 is 9.84 Å². The third-order valence-electron chi connectivity index (χ3n) is 5.80. The molecule has 3 aliphatic rings. The fourth-order valence-corrected chi connectivity index (χ4v) is 4.65. The summed E-state index contributed by atoms with van der Waals surface area (Å²) in [5, 5.41) is 10.1. The monoisotopic (exact) mass is 289 g/mol. The molecule has 4 rings (SSSR count). The SMILES string of the molecule is OC1CCCc2cn(CC3CCC4(CCCCC4)O3)cc21. The Labute approximate surface area is 127 Å². The highest BCUT2D eigenvalue weighted by Crippen LogP contribution is 2.42. The lowest BCUT2D eigenvalue weighted by molar-refractivity contribution is -0.0679. The van der Waals surface area contributed by atoms with E-state index < -0.39 is 0 Å². The molecule has 2 fully saturated rings. The highest BCUT2D eigenvalue weighted by molar-refractivity contribution is 5.29. The number of fused-ring (bicyclic) bond motifs is 1. The molecule has 1 saturated carbocycles. The van der Waals surface area contributed by atoms with E-state index in [2.05, 4.69) is 17.0 Å². The van der Waals surface area contributed by atoms with Gasteiger partial charge in [-0.3, -0.25) is 0 Å². The molecule has 0 radical (unpaired) electrons. The van der Waals surface area contributed by atoms with E-state index in [1.807, 2.05) is 0 Å². The molecule has 21 heavy (non-hydrogen) atoms. The highest BCUT2D eigenvalue weighted by atomic mass is 16.5. The van der Waals surface area contributed by atoms with Crippen LogP contribution >= 0.6 is 0 Å². The maximum atomic E-state index is 10.1. The molecule has 3 heteroatoms. The molecule has 2 aliphatic carbocycles. The van der Waals surface area contributed by atoms with Gasteiger partial charge in [0, 0.05) is 24.5 Å². The lowest BCUT2D eigenvalue weighted by Gasteiger charge is -2.33. The summed E-state index contributed by atoms with van der Waals surface area (Å²) in [6.07, 6.45) is 16.7. The summed E-state index contributed by atoms with van der Waals surface area (Å²) < 4.78 is 8.74. The standard InChI is InChI=1S/C18H27NO2/c20-17-6-4-5-14-11-19(13-16(14)17)12-15-7-10-18(21-15)8-2-1-3-9-18/h11,13,15,17,20H,1-10,12H2. The molecule has 0 bridgehead atoms. The third-order valence-corrected chi connectivity index (χ3v) is 5.80. The Bertz CT molecular complexity index is 501. The van der Waals surface area contributed by atoms with E-state index in [1.54, 1.807) is 0 Å². The summed E-state index contributed by atoms with van der Waals surface area (Å²) in [7, 11) is 0. The zero-order valence-electron chi connectivity index (χ0n) is 12.9. The number of aryl methyl sites for hydroxylation is 1. The Balaban J connectivity index is 1.43. The van der Waals surface area contributed by atoms with Crippen LogP contribution in [0.1, 0.15) is 75.0 Å². The van der Waals surface area contributed by atoms with Crippen molar-refractivity contribution in [2.24, 2.45) is 0 Å². The number of aromatic nitrogens is 1. The number of hydrogen-bond donors (Lipinski definition) is 1. The van der Waals surface area contributed by atoms with Crippen LogP contribution in [0, 0.1) is 0 Å². The van der Waals surface area contributed by atoms with Crippen molar-refractivity contribution in [3.8, 4) is 0 Å². The molecule has 1 aliphatic heterocycles. The third kappa shape index (κ3) is 2.66. The maximum Gasteiger partial charge on any atom is 0.0807 e. The second-order valence-corrected chi connectivity index (χ2v) is 7.37. The molecule has 1 aromatic rings. The van der Waals surface area contributed by atoms with Crippen LogP contribution in [-0.2, 0) is 17.7 Å². The van der Waals surface area contributed by atoms with E-state index in [1.165, 1.54) is 50.5 Å². The van der Waals surface area contributed by atoms with Gasteiger partial charge in [-0.05, 0) is 50.5 Å². The zero-order chi connectivity index (χ0) is 14.3. The first-order chi connectivity index (χ1) is 10.2. The predicted octanol–water partition coefficient (Wildman–Crippen LogP) is 3.74. The Kier molecular flexibility index (Phi) is 3.58. The van der Waals surface area contributed by atoms with Gasteiger partial charge < -0.3 is 14.4 Å². The number of aliphatic hydroxyl groups excluding tert-OH is 1. The first-order valence-corrected chi connectivity index (χ1v) is 8.79. The van der Waals surface area contributed by atoms with Crippen LogP contribution in [-0.4, -0.2) is 21.4 Å². The minimum atomic E-state index is -0.246. The maximum absolute atomic E-state index is 10.1. The Hall–Kier alpha value is -0.800. The second-order valence-electron chi connectivity index (χ2n) is 7.37. The molecular formula is C18H27NO2. The van der Waals surface area contributed by atoms with Crippen LogP contribution in [0.4, 0.5) is 0 Å². The van der Waals surface area contributed by atoms with Crippen LogP contribution in [0.15, 0.2) is 12.4 Å². The largest absolute Gasteiger partial charge is 0.388 e. The molecule has 0 aromatic carbocycles. The van der Waals surface area contributed by atoms with Crippen LogP contribution in [0.25, 0.3) is 0 Å². The van der Waals surface area contributed by atoms with Gasteiger partial charge in [-0.1, -0.05) is 19.3 Å². The van der Waals surface area contributed by atoms with Crippen molar-refractivity contribution in [1.29, 1.82) is 0 Å². The quantitative estimate of drug-likeness (QED) is 0.900. The average molecular weight is 289 g/mol. The number of ether oxygens (including phenoxy) is 1. The molecule has 1 aromatic heterocycles. The number of rotatable bonds is 2. The van der Waals surface area contributed by atoms with E-state index in [4.69, 9.17) is 4.74 Å². The van der Waals surface area contributed by atoms with Crippen LogP contribution < -0.4 is 0 Å². The summed E-state index contributed by atoms with van der Waals surface area (Å²) in [4.78, 5) is 0. The molecule has 3 nitrogen and oxygen atoms in total. The summed E-state index contributed by atoms with van der Waals surface area (Å²) in [6.45, 7) is 0.960. The van der Waals surface area contributed by atoms with Gasteiger partial charge in [0.15, 0.2) is 0 Å². The summed E-state index contributed by atoms with van der Waals surface area (Å²) in [5.74, 6) is 0. The molecule has 2 atom stereocenters. The van der Waals surface area contributed by atoms with Crippen molar-refractivity contribution in [2.75, 3.05) is 0 Å². The summed E-state index contributed by atoms with van der Waals surface area (Å²) in [6, 6.07) is 0. The first-order valence-electron chi connectivity index (χ1n) is 8.79. The molecular weight excluding hydrogens is 262 g/mol. The molecule has 0 amide bonds. The number of aliphatic hydroxyl groups is 1. The summed E-state index contributed by atoms with van der Waals surface area (Å²) in [5.41, 5.74) is 2.72. The molecule has 2 heterocycles.